The summed E-state index contributed by atoms with van der Waals surface area (Å²) in [6, 6.07) is 9.01. The van der Waals surface area contributed by atoms with E-state index in [-0.39, 0.29) is 30.8 Å². The number of ether oxygens (including phenoxy) is 4. The first kappa shape index (κ1) is 28.5. The van der Waals surface area contributed by atoms with Crippen LogP contribution < -0.4 is 14.2 Å². The van der Waals surface area contributed by atoms with Crippen LogP contribution in [0.5, 0.6) is 17.2 Å². The summed E-state index contributed by atoms with van der Waals surface area (Å²) in [4.78, 5) is 36.7. The van der Waals surface area contributed by atoms with Crippen LogP contribution in [0, 0.1) is 6.92 Å². The average Bonchev–Trinajstić information content (AvgIpc) is 2.78. The Kier molecular flexibility index (Phi) is 8.58. The predicted octanol–water partition coefficient (Wildman–Crippen LogP) is 5.73. The number of ketones is 1. The third-order valence-corrected chi connectivity index (χ3v) is 6.41. The van der Waals surface area contributed by atoms with Crippen LogP contribution in [0.2, 0.25) is 0 Å². The van der Waals surface area contributed by atoms with E-state index in [4.69, 9.17) is 30.5 Å². The van der Waals surface area contributed by atoms with Gasteiger partial charge in [-0.3, -0.25) is 14.4 Å². The van der Waals surface area contributed by atoms with Crippen molar-refractivity contribution >= 4 is 29.3 Å². The fourth-order valence-electron chi connectivity index (χ4n) is 4.18. The number of aryl methyl sites for hydroxylation is 1. The Morgan fingerprint density at radius 2 is 1.86 bits per heavy atom. The zero-order chi connectivity index (χ0) is 27.5. The molecular weight excluding hydrogens is 496 g/mol. The number of alkyl halides is 1. The molecule has 1 aliphatic rings. The van der Waals surface area contributed by atoms with Crippen LogP contribution in [0.25, 0.3) is 0 Å². The van der Waals surface area contributed by atoms with Crippen LogP contribution in [0.3, 0.4) is 0 Å². The van der Waals surface area contributed by atoms with Gasteiger partial charge < -0.3 is 18.9 Å². The summed E-state index contributed by atoms with van der Waals surface area (Å²) < 4.78 is 22.9. The lowest BCUT2D eigenvalue weighted by molar-refractivity contribution is -0.142. The summed E-state index contributed by atoms with van der Waals surface area (Å²) in [5.74, 6) is 0.392. The maximum Gasteiger partial charge on any atom is 0.324 e. The normalized spacial score (nSPS) is 17.9. The number of hydrogen-bond donors (Lipinski definition) is 0. The van der Waals surface area contributed by atoms with E-state index in [1.54, 1.807) is 19.1 Å². The van der Waals surface area contributed by atoms with Crippen molar-refractivity contribution in [3.05, 3.63) is 52.6 Å². The minimum Gasteiger partial charge on any atom is -0.489 e. The highest BCUT2D eigenvalue weighted by Gasteiger charge is 2.39. The van der Waals surface area contributed by atoms with Gasteiger partial charge in [-0.1, -0.05) is 32.9 Å². The molecular formula is C29H35ClO7. The quantitative estimate of drug-likeness (QED) is 0.244. The molecule has 0 N–H and O–H groups in total. The standard InChI is InChI=1S/C29H35ClO7/c1-8-34-27(33)22(30)11-19-10-9-17(2)24(12-19)35-16-29(7)15-23(32)20-13-26(36-18(3)31)21(28(4,5)6)14-25(20)37-29/h9-10,12-14,22H,8,11,15-16H2,1-7H3. The lowest BCUT2D eigenvalue weighted by Gasteiger charge is -2.36. The number of halogens is 1. The first-order chi connectivity index (χ1) is 17.2. The first-order valence-electron chi connectivity index (χ1n) is 12.3. The second kappa shape index (κ2) is 11.1. The first-order valence-corrected chi connectivity index (χ1v) is 12.8. The summed E-state index contributed by atoms with van der Waals surface area (Å²) in [5, 5.41) is -0.794. The molecule has 1 heterocycles. The molecule has 2 aromatic carbocycles. The average molecular weight is 531 g/mol. The van der Waals surface area contributed by atoms with Crippen LogP contribution in [-0.4, -0.2) is 41.9 Å². The molecule has 7 nitrogen and oxygen atoms in total. The predicted molar refractivity (Wildman–Crippen MR) is 141 cm³/mol. The molecule has 0 saturated heterocycles. The number of Topliss-reactive ketones (excluding diaryl/α,β-unsaturated/α-hetero) is 1. The highest BCUT2D eigenvalue weighted by atomic mass is 35.5. The van der Waals surface area contributed by atoms with Gasteiger partial charge in [-0.2, -0.15) is 0 Å². The molecule has 1 aliphatic heterocycles. The molecule has 0 radical (unpaired) electrons. The smallest absolute Gasteiger partial charge is 0.324 e. The zero-order valence-electron chi connectivity index (χ0n) is 22.5. The van der Waals surface area contributed by atoms with Gasteiger partial charge in [-0.05, 0) is 61.9 Å². The summed E-state index contributed by atoms with van der Waals surface area (Å²) in [6.07, 6.45) is 0.399. The third-order valence-electron chi connectivity index (χ3n) is 6.08. The maximum absolute atomic E-state index is 13.1. The van der Waals surface area contributed by atoms with Gasteiger partial charge in [0, 0.05) is 12.5 Å². The summed E-state index contributed by atoms with van der Waals surface area (Å²) >= 11 is 6.20. The van der Waals surface area contributed by atoms with Crippen LogP contribution in [0.4, 0.5) is 0 Å². The van der Waals surface area contributed by atoms with Crippen LogP contribution in [0.1, 0.15) is 75.0 Å². The van der Waals surface area contributed by atoms with Gasteiger partial charge in [0.05, 0.1) is 18.6 Å². The highest BCUT2D eigenvalue weighted by Crippen LogP contribution is 2.42. The molecule has 200 valence electrons. The minimum absolute atomic E-state index is 0.0970. The van der Waals surface area contributed by atoms with Crippen molar-refractivity contribution in [3.8, 4) is 17.2 Å². The fourth-order valence-corrected chi connectivity index (χ4v) is 4.43. The van der Waals surface area contributed by atoms with Gasteiger partial charge in [0.25, 0.3) is 0 Å². The van der Waals surface area contributed by atoms with E-state index in [0.717, 1.165) is 16.7 Å². The van der Waals surface area contributed by atoms with E-state index in [9.17, 15) is 14.4 Å². The molecule has 0 bridgehead atoms. The number of carbonyl (C=O) groups excluding carboxylic acids is 3. The number of esters is 2. The number of rotatable bonds is 8. The van der Waals surface area contributed by atoms with Crippen LogP contribution >= 0.6 is 11.6 Å². The Balaban J connectivity index is 1.81. The minimum atomic E-state index is -0.912. The van der Waals surface area contributed by atoms with Crippen molar-refractivity contribution < 1.29 is 33.3 Å². The zero-order valence-corrected chi connectivity index (χ0v) is 23.3. The Bertz CT molecular complexity index is 1200. The molecule has 2 aromatic rings. The molecule has 0 spiro atoms. The lowest BCUT2D eigenvalue weighted by atomic mass is 9.83. The van der Waals surface area contributed by atoms with Crippen molar-refractivity contribution in [2.45, 2.75) is 77.7 Å². The molecule has 0 aromatic heterocycles. The Morgan fingerprint density at radius 1 is 1.16 bits per heavy atom. The van der Waals surface area contributed by atoms with Gasteiger partial charge in [0.15, 0.2) is 5.78 Å². The van der Waals surface area contributed by atoms with Crippen molar-refractivity contribution in [2.24, 2.45) is 0 Å². The molecule has 0 amide bonds. The molecule has 0 fully saturated rings. The van der Waals surface area contributed by atoms with Crippen molar-refractivity contribution in [3.63, 3.8) is 0 Å². The maximum atomic E-state index is 13.1. The van der Waals surface area contributed by atoms with Gasteiger partial charge in [-0.15, -0.1) is 11.6 Å². The second-order valence-electron chi connectivity index (χ2n) is 10.7. The highest BCUT2D eigenvalue weighted by molar-refractivity contribution is 6.30. The SMILES string of the molecule is CCOC(=O)C(Cl)Cc1ccc(C)c(OCC2(C)CC(=O)c3cc(OC(C)=O)c(C(C)(C)C)cc3O2)c1. The molecule has 0 aliphatic carbocycles. The van der Waals surface area contributed by atoms with E-state index in [2.05, 4.69) is 0 Å². The van der Waals surface area contributed by atoms with E-state index in [0.29, 0.717) is 29.2 Å². The van der Waals surface area contributed by atoms with Crippen LogP contribution in [0.15, 0.2) is 30.3 Å². The monoisotopic (exact) mass is 530 g/mol. The Labute approximate surface area is 223 Å². The van der Waals surface area contributed by atoms with Gasteiger partial charge >= 0.3 is 11.9 Å². The topological polar surface area (TPSA) is 88.1 Å². The molecule has 8 heteroatoms. The molecule has 37 heavy (non-hydrogen) atoms. The summed E-state index contributed by atoms with van der Waals surface area (Å²) in [6.45, 7) is 13.2. The fraction of sp³-hybridized carbons (Fsp3) is 0.483. The number of carbonyl (C=O) groups is 3. The Morgan fingerprint density at radius 3 is 2.49 bits per heavy atom. The van der Waals surface area contributed by atoms with Gasteiger partial charge in [0.2, 0.25) is 0 Å². The third kappa shape index (κ3) is 7.04. The lowest BCUT2D eigenvalue weighted by Crippen LogP contribution is -2.44. The number of hydrogen-bond acceptors (Lipinski definition) is 7. The summed E-state index contributed by atoms with van der Waals surface area (Å²) in [7, 11) is 0. The largest absolute Gasteiger partial charge is 0.489 e. The molecule has 2 atom stereocenters. The number of benzene rings is 2. The van der Waals surface area contributed by atoms with Crippen molar-refractivity contribution in [1.29, 1.82) is 0 Å². The molecule has 2 unspecified atom stereocenters. The Hall–Kier alpha value is -3.06. The van der Waals surface area contributed by atoms with E-state index in [1.807, 2.05) is 52.8 Å². The molecule has 3 rings (SSSR count). The summed E-state index contributed by atoms with van der Waals surface area (Å²) in [5.41, 5.74) is 1.62. The molecule has 0 saturated carbocycles. The van der Waals surface area contributed by atoms with E-state index >= 15 is 0 Å². The van der Waals surface area contributed by atoms with E-state index < -0.39 is 22.9 Å². The van der Waals surface area contributed by atoms with Crippen molar-refractivity contribution in [2.75, 3.05) is 13.2 Å². The van der Waals surface area contributed by atoms with Crippen molar-refractivity contribution in [1.82, 2.24) is 0 Å². The van der Waals surface area contributed by atoms with E-state index in [1.165, 1.54) is 6.92 Å². The number of fused-ring (bicyclic) bond motifs is 1. The second-order valence-corrected chi connectivity index (χ2v) is 11.2. The van der Waals surface area contributed by atoms with Gasteiger partial charge in [-0.25, -0.2) is 0 Å². The van der Waals surface area contributed by atoms with Crippen LogP contribution in [-0.2, 0) is 26.2 Å². The van der Waals surface area contributed by atoms with Gasteiger partial charge in [0.1, 0.15) is 34.8 Å².